The molecule has 1 aliphatic rings. The number of nitrogens with zero attached hydrogens (tertiary/aromatic N) is 1. The average molecular weight is 254 g/mol. The third kappa shape index (κ3) is 2.55. The molecule has 3 rings (SSSR count). The summed E-state index contributed by atoms with van der Waals surface area (Å²) in [5.74, 6) is 0.647. The van der Waals surface area contributed by atoms with Crippen molar-refractivity contribution in [1.82, 2.24) is 4.98 Å². The van der Waals surface area contributed by atoms with Crippen molar-refractivity contribution in [3.8, 4) is 17.0 Å². The molecule has 98 valence electrons. The number of pyridine rings is 1. The SMILES string of the molecule is COc1ccc(-c2cccc(NC3CC3)c2C)cn1. The predicted molar refractivity (Wildman–Crippen MR) is 77.6 cm³/mol. The van der Waals surface area contributed by atoms with Crippen molar-refractivity contribution in [2.24, 2.45) is 0 Å². The van der Waals surface area contributed by atoms with Crippen molar-refractivity contribution in [1.29, 1.82) is 0 Å². The van der Waals surface area contributed by atoms with Crippen molar-refractivity contribution in [3.05, 3.63) is 42.1 Å². The largest absolute Gasteiger partial charge is 0.481 e. The quantitative estimate of drug-likeness (QED) is 0.904. The Morgan fingerprint density at radius 3 is 2.68 bits per heavy atom. The number of benzene rings is 1. The van der Waals surface area contributed by atoms with Crippen LogP contribution in [-0.2, 0) is 0 Å². The standard InChI is InChI=1S/C16H18N2O/c1-11-14(12-6-9-16(19-2)17-10-12)4-3-5-15(11)18-13-7-8-13/h3-6,9-10,13,18H,7-8H2,1-2H3. The van der Waals surface area contributed by atoms with Gasteiger partial charge in [0.1, 0.15) is 0 Å². The van der Waals surface area contributed by atoms with Crippen LogP contribution in [0.4, 0.5) is 5.69 Å². The summed E-state index contributed by atoms with van der Waals surface area (Å²) in [4.78, 5) is 4.27. The van der Waals surface area contributed by atoms with Crippen LogP contribution in [0.2, 0.25) is 0 Å². The van der Waals surface area contributed by atoms with E-state index in [-0.39, 0.29) is 0 Å². The van der Waals surface area contributed by atoms with E-state index in [4.69, 9.17) is 4.74 Å². The van der Waals surface area contributed by atoms with Crippen molar-refractivity contribution in [2.45, 2.75) is 25.8 Å². The van der Waals surface area contributed by atoms with E-state index < -0.39 is 0 Å². The van der Waals surface area contributed by atoms with Crippen LogP contribution in [0.25, 0.3) is 11.1 Å². The Morgan fingerprint density at radius 1 is 1.21 bits per heavy atom. The Kier molecular flexibility index (Phi) is 3.11. The average Bonchev–Trinajstić information content (AvgIpc) is 3.25. The zero-order valence-electron chi connectivity index (χ0n) is 11.3. The monoisotopic (exact) mass is 254 g/mol. The minimum absolute atomic E-state index is 0.647. The smallest absolute Gasteiger partial charge is 0.212 e. The van der Waals surface area contributed by atoms with Gasteiger partial charge in [0.2, 0.25) is 5.88 Å². The maximum absolute atomic E-state index is 5.10. The molecular weight excluding hydrogens is 236 g/mol. The first kappa shape index (κ1) is 12.0. The maximum atomic E-state index is 5.10. The van der Waals surface area contributed by atoms with Gasteiger partial charge in [0.05, 0.1) is 7.11 Å². The molecule has 1 aromatic heterocycles. The van der Waals surface area contributed by atoms with Crippen LogP contribution in [0.3, 0.4) is 0 Å². The van der Waals surface area contributed by atoms with E-state index in [0.29, 0.717) is 11.9 Å². The van der Waals surface area contributed by atoms with E-state index >= 15 is 0 Å². The number of anilines is 1. The second kappa shape index (κ2) is 4.92. The van der Waals surface area contributed by atoms with Gasteiger partial charge in [0, 0.05) is 29.6 Å². The second-order valence-electron chi connectivity index (χ2n) is 4.99. The van der Waals surface area contributed by atoms with Crippen LogP contribution < -0.4 is 10.1 Å². The van der Waals surface area contributed by atoms with Gasteiger partial charge in [-0.2, -0.15) is 0 Å². The lowest BCUT2D eigenvalue weighted by atomic mass is 10.0. The lowest BCUT2D eigenvalue weighted by Gasteiger charge is -2.13. The molecule has 0 unspecified atom stereocenters. The fraction of sp³-hybridized carbons (Fsp3) is 0.312. The van der Waals surface area contributed by atoms with Crippen LogP contribution >= 0.6 is 0 Å². The van der Waals surface area contributed by atoms with Crippen molar-refractivity contribution >= 4 is 5.69 Å². The van der Waals surface area contributed by atoms with Gasteiger partial charge in [0.25, 0.3) is 0 Å². The molecule has 1 N–H and O–H groups in total. The Hall–Kier alpha value is -2.03. The lowest BCUT2D eigenvalue weighted by molar-refractivity contribution is 0.398. The third-order valence-corrected chi connectivity index (χ3v) is 3.53. The summed E-state index contributed by atoms with van der Waals surface area (Å²) in [6.07, 6.45) is 4.43. The molecule has 0 saturated heterocycles. The normalized spacial score (nSPS) is 14.2. The highest BCUT2D eigenvalue weighted by molar-refractivity contribution is 5.73. The molecule has 3 heteroatoms. The number of hydrogen-bond acceptors (Lipinski definition) is 3. The molecule has 1 saturated carbocycles. The van der Waals surface area contributed by atoms with Gasteiger partial charge in [-0.05, 0) is 43.0 Å². The minimum Gasteiger partial charge on any atom is -0.481 e. The minimum atomic E-state index is 0.647. The molecule has 0 aliphatic heterocycles. The molecule has 0 atom stereocenters. The molecule has 0 spiro atoms. The summed E-state index contributed by atoms with van der Waals surface area (Å²) < 4.78 is 5.10. The van der Waals surface area contributed by atoms with Crippen LogP contribution in [-0.4, -0.2) is 18.1 Å². The molecule has 1 aromatic carbocycles. The van der Waals surface area contributed by atoms with E-state index in [1.165, 1.54) is 29.7 Å². The molecule has 1 heterocycles. The molecule has 0 amide bonds. The molecular formula is C16H18N2O. The van der Waals surface area contributed by atoms with Crippen molar-refractivity contribution in [3.63, 3.8) is 0 Å². The molecule has 2 aromatic rings. The molecule has 1 aliphatic carbocycles. The van der Waals surface area contributed by atoms with Gasteiger partial charge in [-0.15, -0.1) is 0 Å². The summed E-state index contributed by atoms with van der Waals surface area (Å²) in [5, 5.41) is 3.57. The molecule has 1 fully saturated rings. The topological polar surface area (TPSA) is 34.1 Å². The molecule has 3 nitrogen and oxygen atoms in total. The summed E-state index contributed by atoms with van der Waals surface area (Å²) in [6.45, 7) is 2.16. The first-order valence-corrected chi connectivity index (χ1v) is 6.64. The first-order valence-electron chi connectivity index (χ1n) is 6.64. The third-order valence-electron chi connectivity index (χ3n) is 3.53. The fourth-order valence-electron chi connectivity index (χ4n) is 2.21. The van der Waals surface area contributed by atoms with E-state index in [9.17, 15) is 0 Å². The summed E-state index contributed by atoms with van der Waals surface area (Å²) >= 11 is 0. The predicted octanol–water partition coefficient (Wildman–Crippen LogP) is 3.64. The number of nitrogens with one attached hydrogen (secondary N) is 1. The van der Waals surface area contributed by atoms with Crippen LogP contribution in [0.1, 0.15) is 18.4 Å². The first-order chi connectivity index (χ1) is 9.28. The van der Waals surface area contributed by atoms with Gasteiger partial charge in [0.15, 0.2) is 0 Å². The summed E-state index contributed by atoms with van der Waals surface area (Å²) in [7, 11) is 1.63. The van der Waals surface area contributed by atoms with Gasteiger partial charge in [-0.1, -0.05) is 12.1 Å². The Labute approximate surface area is 113 Å². The van der Waals surface area contributed by atoms with Gasteiger partial charge in [-0.25, -0.2) is 4.98 Å². The zero-order chi connectivity index (χ0) is 13.2. The van der Waals surface area contributed by atoms with Crippen molar-refractivity contribution in [2.75, 3.05) is 12.4 Å². The Balaban J connectivity index is 1.93. The number of aromatic nitrogens is 1. The Morgan fingerprint density at radius 2 is 2.05 bits per heavy atom. The summed E-state index contributed by atoms with van der Waals surface area (Å²) in [6, 6.07) is 11.0. The summed E-state index contributed by atoms with van der Waals surface area (Å²) in [5.41, 5.74) is 4.86. The number of methoxy groups -OCH3 is 1. The van der Waals surface area contributed by atoms with E-state index in [2.05, 4.69) is 41.5 Å². The molecule has 19 heavy (non-hydrogen) atoms. The van der Waals surface area contributed by atoms with Gasteiger partial charge in [-0.3, -0.25) is 0 Å². The van der Waals surface area contributed by atoms with E-state index in [1.54, 1.807) is 7.11 Å². The van der Waals surface area contributed by atoms with E-state index in [1.807, 2.05) is 12.3 Å². The highest BCUT2D eigenvalue weighted by atomic mass is 16.5. The Bertz CT molecular complexity index is 574. The lowest BCUT2D eigenvalue weighted by Crippen LogP contribution is -2.03. The van der Waals surface area contributed by atoms with Crippen molar-refractivity contribution < 1.29 is 4.74 Å². The number of rotatable bonds is 4. The molecule has 0 radical (unpaired) electrons. The van der Waals surface area contributed by atoms with Crippen LogP contribution in [0, 0.1) is 6.92 Å². The number of ether oxygens (including phenoxy) is 1. The van der Waals surface area contributed by atoms with Crippen LogP contribution in [0.5, 0.6) is 5.88 Å². The highest BCUT2D eigenvalue weighted by Crippen LogP contribution is 2.32. The fourth-order valence-corrected chi connectivity index (χ4v) is 2.21. The number of hydrogen-bond donors (Lipinski definition) is 1. The van der Waals surface area contributed by atoms with Crippen LogP contribution in [0.15, 0.2) is 36.5 Å². The molecule has 0 bridgehead atoms. The highest BCUT2D eigenvalue weighted by Gasteiger charge is 2.21. The van der Waals surface area contributed by atoms with Gasteiger partial charge >= 0.3 is 0 Å². The van der Waals surface area contributed by atoms with Gasteiger partial charge < -0.3 is 10.1 Å². The second-order valence-corrected chi connectivity index (χ2v) is 4.99. The van der Waals surface area contributed by atoms with E-state index in [0.717, 1.165) is 5.56 Å². The maximum Gasteiger partial charge on any atom is 0.212 e. The zero-order valence-corrected chi connectivity index (χ0v) is 11.3.